The largest absolute Gasteiger partial charge is 0.313 e. The Bertz CT molecular complexity index is 2500. The van der Waals surface area contributed by atoms with Gasteiger partial charge in [-0.1, -0.05) is 165 Å². The number of hydrogen-bond donors (Lipinski definition) is 0. The molecular weight excluding hydrogens is 631 g/mol. The molecule has 6 aromatic carbocycles. The van der Waals surface area contributed by atoms with Crippen molar-refractivity contribution in [2.45, 2.75) is 26.2 Å². The zero-order valence-electron chi connectivity index (χ0n) is 29.3. The lowest BCUT2D eigenvalue weighted by Crippen LogP contribution is -2.09. The van der Waals surface area contributed by atoms with Crippen molar-refractivity contribution < 1.29 is 0 Å². The predicted molar refractivity (Wildman–Crippen MR) is 219 cm³/mol. The van der Waals surface area contributed by atoms with Gasteiger partial charge in [0.05, 0.1) is 16.9 Å². The van der Waals surface area contributed by atoms with E-state index in [0.29, 0.717) is 5.92 Å². The van der Waals surface area contributed by atoms with Crippen molar-refractivity contribution in [2.24, 2.45) is 15.9 Å². The SMILES string of the molecule is CC1C=Cc2c(n(-c3ccc(-c4ccc(-c5ccc(C6=C/CC/C(c7ccccc7)=N/C(c7ccccc7)=N\6)cc5)cc4)cc3)c3ccccc23)C1. The second kappa shape index (κ2) is 13.8. The van der Waals surface area contributed by atoms with E-state index in [-0.39, 0.29) is 0 Å². The first-order valence-electron chi connectivity index (χ1n) is 18.3. The van der Waals surface area contributed by atoms with E-state index in [1.807, 2.05) is 24.3 Å². The van der Waals surface area contributed by atoms with E-state index in [1.165, 1.54) is 50.1 Å². The minimum atomic E-state index is 0.535. The van der Waals surface area contributed by atoms with Crippen LogP contribution in [0.25, 0.3) is 50.6 Å². The predicted octanol–water partition coefficient (Wildman–Crippen LogP) is 12.2. The summed E-state index contributed by atoms with van der Waals surface area (Å²) in [6.45, 7) is 2.30. The number of allylic oxidation sites excluding steroid dienone is 2. The van der Waals surface area contributed by atoms with Crippen molar-refractivity contribution in [1.82, 2.24) is 4.57 Å². The number of hydrogen-bond acceptors (Lipinski definition) is 2. The van der Waals surface area contributed by atoms with Crippen LogP contribution in [0.2, 0.25) is 0 Å². The first-order valence-corrected chi connectivity index (χ1v) is 18.3. The molecule has 0 bridgehead atoms. The topological polar surface area (TPSA) is 29.6 Å². The quantitative estimate of drug-likeness (QED) is 0.169. The zero-order chi connectivity index (χ0) is 34.9. The van der Waals surface area contributed by atoms with Gasteiger partial charge in [-0.05, 0) is 76.8 Å². The molecule has 9 rings (SSSR count). The highest BCUT2D eigenvalue weighted by atomic mass is 15.0. The monoisotopic (exact) mass is 669 g/mol. The second-order valence-corrected chi connectivity index (χ2v) is 13.8. The molecule has 0 radical (unpaired) electrons. The Morgan fingerprint density at radius 3 is 1.75 bits per heavy atom. The van der Waals surface area contributed by atoms with Crippen LogP contribution >= 0.6 is 0 Å². The highest BCUT2D eigenvalue weighted by molar-refractivity contribution is 6.14. The molecule has 3 nitrogen and oxygen atoms in total. The summed E-state index contributed by atoms with van der Waals surface area (Å²) in [4.78, 5) is 10.3. The number of aliphatic imine (C=N–C) groups is 2. The number of fused-ring (bicyclic) bond motifs is 3. The van der Waals surface area contributed by atoms with Gasteiger partial charge in [-0.25, -0.2) is 9.98 Å². The molecule has 1 atom stereocenters. The Morgan fingerprint density at radius 1 is 0.538 bits per heavy atom. The standard InChI is InChI=1S/C49H39N3/c1-34-19-32-44-43-15-8-9-18-47(43)52(48(44)33-34)42-30-28-38(29-31-42)36-22-20-35(21-23-36)37-24-26-40(27-25-37)46-17-10-16-45(39-11-4-2-5-12-39)50-49(51-46)41-13-6-3-7-14-41/h2-9,11-15,17-32,34H,10,16,33H2,1H3/b46-17-,50-45-,51-49-. The fourth-order valence-electron chi connectivity index (χ4n) is 7.58. The molecule has 0 N–H and O–H groups in total. The highest BCUT2D eigenvalue weighted by Gasteiger charge is 2.21. The van der Waals surface area contributed by atoms with E-state index in [9.17, 15) is 0 Å². The summed E-state index contributed by atoms with van der Waals surface area (Å²) in [5, 5.41) is 1.33. The summed E-state index contributed by atoms with van der Waals surface area (Å²) in [5.74, 6) is 1.28. The van der Waals surface area contributed by atoms with Crippen molar-refractivity contribution in [3.05, 3.63) is 198 Å². The molecule has 2 heterocycles. The number of amidine groups is 1. The van der Waals surface area contributed by atoms with E-state index in [0.717, 1.165) is 53.2 Å². The van der Waals surface area contributed by atoms with Crippen LogP contribution in [0.3, 0.4) is 0 Å². The van der Waals surface area contributed by atoms with Crippen LogP contribution in [0.15, 0.2) is 180 Å². The zero-order valence-corrected chi connectivity index (χ0v) is 29.3. The third kappa shape index (κ3) is 6.16. The van der Waals surface area contributed by atoms with E-state index < -0.39 is 0 Å². The fraction of sp³-hybridized carbons (Fsp3) is 0.102. The minimum Gasteiger partial charge on any atom is -0.313 e. The summed E-state index contributed by atoms with van der Waals surface area (Å²) in [6.07, 6.45) is 9.68. The van der Waals surface area contributed by atoms with Crippen LogP contribution < -0.4 is 0 Å². The van der Waals surface area contributed by atoms with Crippen LogP contribution in [-0.2, 0) is 6.42 Å². The summed E-state index contributed by atoms with van der Waals surface area (Å²) < 4.78 is 2.46. The van der Waals surface area contributed by atoms with Gasteiger partial charge in [0.25, 0.3) is 0 Å². The van der Waals surface area contributed by atoms with E-state index in [4.69, 9.17) is 9.98 Å². The van der Waals surface area contributed by atoms with Crippen molar-refractivity contribution in [3.8, 4) is 27.9 Å². The van der Waals surface area contributed by atoms with Crippen molar-refractivity contribution >= 4 is 34.2 Å². The Balaban J connectivity index is 0.961. The van der Waals surface area contributed by atoms with Gasteiger partial charge in [0, 0.05) is 27.9 Å². The fourth-order valence-corrected chi connectivity index (χ4v) is 7.58. The Kier molecular flexibility index (Phi) is 8.38. The van der Waals surface area contributed by atoms with Crippen molar-refractivity contribution in [3.63, 3.8) is 0 Å². The average molecular weight is 670 g/mol. The molecule has 52 heavy (non-hydrogen) atoms. The van der Waals surface area contributed by atoms with Gasteiger partial charge in [0.15, 0.2) is 5.84 Å². The third-order valence-electron chi connectivity index (χ3n) is 10.3. The number of para-hydroxylation sites is 1. The molecule has 3 heteroatoms. The maximum atomic E-state index is 5.15. The molecule has 250 valence electrons. The molecule has 1 aliphatic carbocycles. The normalized spacial score (nSPS) is 18.6. The first-order chi connectivity index (χ1) is 25.7. The summed E-state index contributed by atoms with van der Waals surface area (Å²) in [6, 6.07) is 56.2. The molecule has 0 amide bonds. The summed E-state index contributed by atoms with van der Waals surface area (Å²) >= 11 is 0. The van der Waals surface area contributed by atoms with Crippen molar-refractivity contribution in [2.75, 3.05) is 0 Å². The summed E-state index contributed by atoms with van der Waals surface area (Å²) in [5.41, 5.74) is 15.3. The molecule has 7 aromatic rings. The average Bonchev–Trinajstić information content (AvgIpc) is 3.52. The van der Waals surface area contributed by atoms with E-state index >= 15 is 0 Å². The number of aromatic nitrogens is 1. The number of nitrogens with zero attached hydrogens (tertiary/aromatic N) is 3. The third-order valence-corrected chi connectivity index (χ3v) is 10.3. The number of rotatable bonds is 6. The first kappa shape index (κ1) is 31.6. The minimum absolute atomic E-state index is 0.535. The molecule has 2 aliphatic rings. The molecule has 0 saturated carbocycles. The molecule has 1 unspecified atom stereocenters. The molecular formula is C49H39N3. The van der Waals surface area contributed by atoms with Gasteiger partial charge in [-0.15, -0.1) is 0 Å². The van der Waals surface area contributed by atoms with E-state index in [2.05, 4.69) is 163 Å². The molecule has 0 spiro atoms. The smallest absolute Gasteiger partial charge is 0.160 e. The molecule has 0 saturated heterocycles. The molecule has 1 aromatic heterocycles. The van der Waals surface area contributed by atoms with Gasteiger partial charge in [-0.3, -0.25) is 0 Å². The van der Waals surface area contributed by atoms with Gasteiger partial charge in [0.1, 0.15) is 0 Å². The van der Waals surface area contributed by atoms with Crippen LogP contribution in [0, 0.1) is 5.92 Å². The van der Waals surface area contributed by atoms with E-state index in [1.54, 1.807) is 0 Å². The highest BCUT2D eigenvalue weighted by Crippen LogP contribution is 2.36. The summed E-state index contributed by atoms with van der Waals surface area (Å²) in [7, 11) is 0. The van der Waals surface area contributed by atoms with Crippen LogP contribution in [-0.4, -0.2) is 16.1 Å². The Hall–Kier alpha value is -6.32. The van der Waals surface area contributed by atoms with Crippen LogP contribution in [0.4, 0.5) is 0 Å². The lowest BCUT2D eigenvalue weighted by Gasteiger charge is -2.17. The lowest BCUT2D eigenvalue weighted by molar-refractivity contribution is 0.690. The Labute approximate surface area is 305 Å². The Morgan fingerprint density at radius 2 is 1.10 bits per heavy atom. The number of benzene rings is 6. The van der Waals surface area contributed by atoms with Crippen molar-refractivity contribution in [1.29, 1.82) is 0 Å². The lowest BCUT2D eigenvalue weighted by atomic mass is 9.95. The van der Waals surface area contributed by atoms with Gasteiger partial charge >= 0.3 is 0 Å². The van der Waals surface area contributed by atoms with Gasteiger partial charge < -0.3 is 4.57 Å². The van der Waals surface area contributed by atoms with Crippen LogP contribution in [0.5, 0.6) is 0 Å². The second-order valence-electron chi connectivity index (χ2n) is 13.8. The maximum absolute atomic E-state index is 5.15. The van der Waals surface area contributed by atoms with Gasteiger partial charge in [-0.2, -0.15) is 0 Å². The molecule has 0 fully saturated rings. The van der Waals surface area contributed by atoms with Gasteiger partial charge in [0.2, 0.25) is 0 Å². The molecule has 1 aliphatic heterocycles. The van der Waals surface area contributed by atoms with Crippen LogP contribution in [0.1, 0.15) is 47.7 Å². The maximum Gasteiger partial charge on any atom is 0.160 e.